The van der Waals surface area contributed by atoms with Crippen LogP contribution in [-0.2, 0) is 19.4 Å². The maximum absolute atomic E-state index is 5.66. The Morgan fingerprint density at radius 3 is 2.68 bits per heavy atom. The van der Waals surface area contributed by atoms with Crippen molar-refractivity contribution >= 4 is 28.7 Å². The third kappa shape index (κ3) is 6.40. The van der Waals surface area contributed by atoms with Crippen molar-refractivity contribution in [3.8, 4) is 0 Å². The minimum atomic E-state index is 0.530. The second-order valence-electron chi connectivity index (χ2n) is 8.30. The van der Waals surface area contributed by atoms with Gasteiger partial charge in [-0.05, 0) is 78.7 Å². The Balaban J connectivity index is 1.16. The largest absolute Gasteiger partial charge is 0.363 e. The molecule has 0 bridgehead atoms. The summed E-state index contributed by atoms with van der Waals surface area (Å²) in [5.74, 6) is 1.78. The summed E-state index contributed by atoms with van der Waals surface area (Å²) in [7, 11) is 0. The van der Waals surface area contributed by atoms with Crippen LogP contribution in [0, 0.1) is 0 Å². The van der Waals surface area contributed by atoms with Gasteiger partial charge in [0.2, 0.25) is 0 Å². The van der Waals surface area contributed by atoms with Crippen LogP contribution >= 0.6 is 23.6 Å². The lowest BCUT2D eigenvalue weighted by atomic mass is 9.96. The first-order chi connectivity index (χ1) is 15.3. The average molecular weight is 453 g/mol. The van der Waals surface area contributed by atoms with Gasteiger partial charge in [-0.25, -0.2) is 4.98 Å². The van der Waals surface area contributed by atoms with Gasteiger partial charge in [-0.2, -0.15) is 11.3 Å². The van der Waals surface area contributed by atoms with Crippen LogP contribution in [0.2, 0.25) is 0 Å². The Kier molecular flexibility index (Phi) is 8.13. The maximum Gasteiger partial charge on any atom is 0.168 e. The lowest BCUT2D eigenvalue weighted by Crippen LogP contribution is -2.44. The predicted molar refractivity (Wildman–Crippen MR) is 134 cm³/mol. The van der Waals surface area contributed by atoms with Gasteiger partial charge in [-0.3, -0.25) is 0 Å². The van der Waals surface area contributed by atoms with E-state index in [1.54, 1.807) is 11.3 Å². The summed E-state index contributed by atoms with van der Waals surface area (Å²) in [5, 5.41) is 8.78. The Hall–Kier alpha value is -2.18. The molecule has 0 saturated carbocycles. The molecule has 1 aliphatic rings. The molecule has 3 aromatic rings. The SMILES string of the molecule is S=C(NCCCCc1ccccc1)N1CCC(c2nccn2CCc2ccsc2)CC1. The highest BCUT2D eigenvalue weighted by atomic mass is 32.1. The zero-order valence-corrected chi connectivity index (χ0v) is 19.7. The van der Waals surface area contributed by atoms with Crippen LogP contribution in [0.5, 0.6) is 0 Å². The highest BCUT2D eigenvalue weighted by molar-refractivity contribution is 7.80. The molecule has 0 amide bonds. The Labute approximate surface area is 195 Å². The number of imidazole rings is 1. The number of likely N-dealkylation sites (tertiary alicyclic amines) is 1. The van der Waals surface area contributed by atoms with Gasteiger partial charge in [0.1, 0.15) is 5.82 Å². The second kappa shape index (κ2) is 11.4. The number of aryl methyl sites for hydroxylation is 3. The van der Waals surface area contributed by atoms with Gasteiger partial charge in [0.05, 0.1) is 0 Å². The number of nitrogens with zero attached hydrogens (tertiary/aromatic N) is 3. The van der Waals surface area contributed by atoms with E-state index in [0.29, 0.717) is 5.92 Å². The summed E-state index contributed by atoms with van der Waals surface area (Å²) in [6.07, 6.45) is 10.9. The first-order valence-corrected chi connectivity index (χ1v) is 12.7. The smallest absolute Gasteiger partial charge is 0.168 e. The molecule has 4 nitrogen and oxygen atoms in total. The van der Waals surface area contributed by atoms with Gasteiger partial charge in [-0.1, -0.05) is 30.3 Å². The van der Waals surface area contributed by atoms with Crippen LogP contribution in [0.1, 0.15) is 48.6 Å². The van der Waals surface area contributed by atoms with Crippen molar-refractivity contribution in [2.45, 2.75) is 51.0 Å². The van der Waals surface area contributed by atoms with Gasteiger partial charge in [-0.15, -0.1) is 0 Å². The molecule has 1 fully saturated rings. The molecule has 1 saturated heterocycles. The summed E-state index contributed by atoms with van der Waals surface area (Å²) in [6, 6.07) is 12.9. The zero-order chi connectivity index (χ0) is 21.3. The number of rotatable bonds is 9. The molecule has 164 valence electrons. The van der Waals surface area contributed by atoms with Crippen molar-refractivity contribution in [2.24, 2.45) is 0 Å². The number of nitrogens with one attached hydrogen (secondary N) is 1. The fourth-order valence-electron chi connectivity index (χ4n) is 4.30. The van der Waals surface area contributed by atoms with Crippen molar-refractivity contribution in [1.29, 1.82) is 0 Å². The molecule has 31 heavy (non-hydrogen) atoms. The molecule has 0 atom stereocenters. The molecular weight excluding hydrogens is 420 g/mol. The van der Waals surface area contributed by atoms with Crippen LogP contribution in [0.3, 0.4) is 0 Å². The molecule has 1 N–H and O–H groups in total. The molecule has 1 aromatic carbocycles. The fraction of sp³-hybridized carbons (Fsp3) is 0.440. The van der Waals surface area contributed by atoms with Crippen LogP contribution in [-0.4, -0.2) is 39.2 Å². The molecular formula is C25H32N4S2. The molecule has 0 radical (unpaired) electrons. The summed E-state index contributed by atoms with van der Waals surface area (Å²) in [5.41, 5.74) is 2.83. The maximum atomic E-state index is 5.66. The number of thiophene rings is 1. The van der Waals surface area contributed by atoms with Crippen molar-refractivity contribution in [3.63, 3.8) is 0 Å². The number of unbranched alkanes of at least 4 members (excludes halogenated alkanes) is 1. The van der Waals surface area contributed by atoms with Gasteiger partial charge in [0, 0.05) is 44.5 Å². The number of benzene rings is 1. The van der Waals surface area contributed by atoms with E-state index >= 15 is 0 Å². The zero-order valence-electron chi connectivity index (χ0n) is 18.1. The van der Waals surface area contributed by atoms with Crippen molar-refractivity contribution in [3.05, 3.63) is 76.5 Å². The molecule has 3 heterocycles. The monoisotopic (exact) mass is 452 g/mol. The van der Waals surface area contributed by atoms with Gasteiger partial charge in [0.25, 0.3) is 0 Å². The van der Waals surface area contributed by atoms with E-state index in [4.69, 9.17) is 17.2 Å². The summed E-state index contributed by atoms with van der Waals surface area (Å²) < 4.78 is 2.35. The lowest BCUT2D eigenvalue weighted by molar-refractivity contribution is 0.299. The summed E-state index contributed by atoms with van der Waals surface area (Å²) in [4.78, 5) is 7.04. The first-order valence-electron chi connectivity index (χ1n) is 11.4. The number of hydrogen-bond acceptors (Lipinski definition) is 3. The summed E-state index contributed by atoms with van der Waals surface area (Å²) in [6.45, 7) is 3.99. The Morgan fingerprint density at radius 2 is 1.90 bits per heavy atom. The molecule has 0 spiro atoms. The summed E-state index contributed by atoms with van der Waals surface area (Å²) >= 11 is 7.43. The number of hydrogen-bond donors (Lipinski definition) is 1. The van der Waals surface area contributed by atoms with Crippen LogP contribution in [0.4, 0.5) is 0 Å². The van der Waals surface area contributed by atoms with E-state index in [1.165, 1.54) is 23.4 Å². The van der Waals surface area contributed by atoms with E-state index in [0.717, 1.165) is 63.4 Å². The second-order valence-corrected chi connectivity index (χ2v) is 9.46. The fourth-order valence-corrected chi connectivity index (χ4v) is 5.29. The van der Waals surface area contributed by atoms with E-state index < -0.39 is 0 Å². The minimum absolute atomic E-state index is 0.530. The lowest BCUT2D eigenvalue weighted by Gasteiger charge is -2.33. The predicted octanol–water partition coefficient (Wildman–Crippen LogP) is 5.26. The quantitative estimate of drug-likeness (QED) is 0.354. The molecule has 4 rings (SSSR count). The number of piperidine rings is 1. The molecule has 0 aliphatic carbocycles. The highest BCUT2D eigenvalue weighted by Crippen LogP contribution is 2.27. The van der Waals surface area contributed by atoms with Crippen LogP contribution < -0.4 is 5.32 Å². The minimum Gasteiger partial charge on any atom is -0.363 e. The third-order valence-corrected chi connectivity index (χ3v) is 7.26. The van der Waals surface area contributed by atoms with E-state index in [2.05, 4.69) is 68.1 Å². The van der Waals surface area contributed by atoms with Gasteiger partial charge in [0.15, 0.2) is 5.11 Å². The number of aromatic nitrogens is 2. The number of thiocarbonyl (C=S) groups is 1. The van der Waals surface area contributed by atoms with Gasteiger partial charge < -0.3 is 14.8 Å². The normalized spacial score (nSPS) is 14.6. The topological polar surface area (TPSA) is 33.1 Å². The van der Waals surface area contributed by atoms with Crippen molar-refractivity contribution in [2.75, 3.05) is 19.6 Å². The van der Waals surface area contributed by atoms with E-state index in [-0.39, 0.29) is 0 Å². The Morgan fingerprint density at radius 1 is 1.06 bits per heavy atom. The van der Waals surface area contributed by atoms with Crippen molar-refractivity contribution in [1.82, 2.24) is 19.8 Å². The van der Waals surface area contributed by atoms with E-state index in [1.807, 2.05) is 6.20 Å². The molecule has 1 aliphatic heterocycles. The molecule has 0 unspecified atom stereocenters. The van der Waals surface area contributed by atoms with Crippen LogP contribution in [0.25, 0.3) is 0 Å². The third-order valence-electron chi connectivity index (χ3n) is 6.13. The van der Waals surface area contributed by atoms with Crippen LogP contribution in [0.15, 0.2) is 59.6 Å². The van der Waals surface area contributed by atoms with Gasteiger partial charge >= 0.3 is 0 Å². The van der Waals surface area contributed by atoms with E-state index in [9.17, 15) is 0 Å². The highest BCUT2D eigenvalue weighted by Gasteiger charge is 2.25. The standard InChI is InChI=1S/C25H32N4S2/c30-25(27-13-5-4-8-21-6-2-1-3-7-21)29-16-10-23(11-17-29)24-26-14-18-28(24)15-9-22-12-19-31-20-22/h1-3,6-7,12,14,18-20,23H,4-5,8-11,13,15-17H2,(H,27,30). The molecule has 6 heteroatoms. The molecule has 2 aromatic heterocycles. The average Bonchev–Trinajstić information content (AvgIpc) is 3.50. The first kappa shape index (κ1) is 22.0. The van der Waals surface area contributed by atoms with Crippen molar-refractivity contribution < 1.29 is 0 Å². The Bertz CT molecular complexity index is 912.